The lowest BCUT2D eigenvalue weighted by atomic mass is 10.2. The molecule has 0 unspecified atom stereocenters. The second-order valence-corrected chi connectivity index (χ2v) is 7.15. The van der Waals surface area contributed by atoms with Crippen LogP contribution >= 0.6 is 0 Å². The van der Waals surface area contributed by atoms with Gasteiger partial charge in [0.1, 0.15) is 5.60 Å². The molecule has 23 heavy (non-hydrogen) atoms. The van der Waals surface area contributed by atoms with E-state index in [4.69, 9.17) is 4.74 Å². The number of carbonyl (C=O) groups excluding carboxylic acids is 1. The molecule has 0 aromatic rings. The van der Waals surface area contributed by atoms with Gasteiger partial charge in [0, 0.05) is 39.8 Å². The molecule has 0 radical (unpaired) electrons. The fourth-order valence-corrected chi connectivity index (χ4v) is 2.30. The molecule has 0 aromatic heterocycles. The molecule has 0 spiro atoms. The average Bonchev–Trinajstić information content (AvgIpc) is 3.27. The fourth-order valence-electron chi connectivity index (χ4n) is 2.30. The second kappa shape index (κ2) is 8.99. The molecule has 6 nitrogen and oxygen atoms in total. The van der Waals surface area contributed by atoms with E-state index in [1.807, 2.05) is 32.7 Å². The summed E-state index contributed by atoms with van der Waals surface area (Å²) < 4.78 is 5.50. The van der Waals surface area contributed by atoms with Gasteiger partial charge in [0.25, 0.3) is 0 Å². The summed E-state index contributed by atoms with van der Waals surface area (Å²) in [6.45, 7) is 10.2. The van der Waals surface area contributed by atoms with Crippen molar-refractivity contribution in [2.45, 2.75) is 65.0 Å². The molecule has 1 fully saturated rings. The minimum Gasteiger partial charge on any atom is -0.444 e. The Kier molecular flexibility index (Phi) is 7.65. The van der Waals surface area contributed by atoms with Crippen LogP contribution in [0.15, 0.2) is 4.99 Å². The number of hydrogen-bond acceptors (Lipinski definition) is 3. The molecule has 1 aliphatic rings. The number of rotatable bonds is 7. The smallest absolute Gasteiger partial charge is 0.410 e. The summed E-state index contributed by atoms with van der Waals surface area (Å²) in [7, 11) is 3.83. The maximum absolute atomic E-state index is 12.3. The highest BCUT2D eigenvalue weighted by Crippen LogP contribution is 2.27. The zero-order valence-corrected chi connectivity index (χ0v) is 15.7. The first-order valence-electron chi connectivity index (χ1n) is 8.70. The van der Waals surface area contributed by atoms with Gasteiger partial charge in [-0.1, -0.05) is 13.3 Å². The van der Waals surface area contributed by atoms with Gasteiger partial charge in [0.05, 0.1) is 0 Å². The standard InChI is InChI=1S/C17H34N4O2/c1-7-8-12-20(6)15(18-5)19-11-13-21(14-9-10-14)16(22)23-17(2,3)4/h14H,7-13H2,1-6H3,(H,18,19). The molecule has 1 amide bonds. The molecule has 0 aliphatic heterocycles. The summed E-state index contributed by atoms with van der Waals surface area (Å²) in [5.41, 5.74) is -0.450. The van der Waals surface area contributed by atoms with Crippen LogP contribution in [0.25, 0.3) is 0 Å². The number of hydrogen-bond donors (Lipinski definition) is 1. The van der Waals surface area contributed by atoms with Crippen LogP contribution in [-0.2, 0) is 4.74 Å². The van der Waals surface area contributed by atoms with Gasteiger partial charge in [0.15, 0.2) is 5.96 Å². The van der Waals surface area contributed by atoms with Crippen molar-refractivity contribution in [1.82, 2.24) is 15.1 Å². The Morgan fingerprint density at radius 3 is 2.43 bits per heavy atom. The molecule has 1 rings (SSSR count). The topological polar surface area (TPSA) is 57.2 Å². The Morgan fingerprint density at radius 2 is 1.96 bits per heavy atom. The first-order chi connectivity index (χ1) is 10.8. The Labute approximate surface area is 141 Å². The summed E-state index contributed by atoms with van der Waals surface area (Å²) in [5, 5.41) is 3.34. The number of nitrogens with zero attached hydrogens (tertiary/aromatic N) is 3. The molecule has 1 N–H and O–H groups in total. The number of aliphatic imine (C=N–C) groups is 1. The molecule has 0 heterocycles. The van der Waals surface area contributed by atoms with Crippen molar-refractivity contribution in [2.24, 2.45) is 4.99 Å². The van der Waals surface area contributed by atoms with Crippen molar-refractivity contribution >= 4 is 12.1 Å². The van der Waals surface area contributed by atoms with Gasteiger partial charge in [-0.2, -0.15) is 0 Å². The Morgan fingerprint density at radius 1 is 1.30 bits per heavy atom. The van der Waals surface area contributed by atoms with Crippen LogP contribution in [0.3, 0.4) is 0 Å². The number of ether oxygens (including phenoxy) is 1. The highest BCUT2D eigenvalue weighted by Gasteiger charge is 2.34. The van der Waals surface area contributed by atoms with E-state index in [1.54, 1.807) is 7.05 Å². The normalized spacial score (nSPS) is 15.3. The maximum atomic E-state index is 12.3. The molecule has 0 saturated heterocycles. The van der Waals surface area contributed by atoms with Crippen LogP contribution in [-0.4, -0.2) is 67.2 Å². The van der Waals surface area contributed by atoms with E-state index in [2.05, 4.69) is 22.1 Å². The lowest BCUT2D eigenvalue weighted by molar-refractivity contribution is 0.0237. The van der Waals surface area contributed by atoms with Crippen molar-refractivity contribution in [3.63, 3.8) is 0 Å². The van der Waals surface area contributed by atoms with Crippen molar-refractivity contribution in [3.8, 4) is 0 Å². The predicted molar refractivity (Wildman–Crippen MR) is 94.9 cm³/mol. The van der Waals surface area contributed by atoms with Crippen LogP contribution in [0.5, 0.6) is 0 Å². The predicted octanol–water partition coefficient (Wildman–Crippen LogP) is 2.69. The summed E-state index contributed by atoms with van der Waals surface area (Å²) in [4.78, 5) is 20.6. The molecule has 6 heteroatoms. The van der Waals surface area contributed by atoms with Crippen molar-refractivity contribution in [1.29, 1.82) is 0 Å². The van der Waals surface area contributed by atoms with Crippen LogP contribution in [0.2, 0.25) is 0 Å². The summed E-state index contributed by atoms with van der Waals surface area (Å²) in [6.07, 6.45) is 4.24. The summed E-state index contributed by atoms with van der Waals surface area (Å²) >= 11 is 0. The monoisotopic (exact) mass is 326 g/mol. The van der Waals surface area contributed by atoms with E-state index < -0.39 is 5.60 Å². The minimum absolute atomic E-state index is 0.212. The van der Waals surface area contributed by atoms with Gasteiger partial charge in [-0.05, 0) is 40.0 Å². The summed E-state index contributed by atoms with van der Waals surface area (Å²) in [5.74, 6) is 0.874. The van der Waals surface area contributed by atoms with Crippen molar-refractivity contribution < 1.29 is 9.53 Å². The van der Waals surface area contributed by atoms with Crippen LogP contribution in [0.4, 0.5) is 4.79 Å². The van der Waals surface area contributed by atoms with Gasteiger partial charge in [0.2, 0.25) is 0 Å². The van der Waals surface area contributed by atoms with E-state index in [0.717, 1.165) is 38.2 Å². The number of amides is 1. The quantitative estimate of drug-likeness (QED) is 0.577. The Balaban J connectivity index is 2.45. The van der Waals surface area contributed by atoms with E-state index in [0.29, 0.717) is 19.1 Å². The molecule has 1 aliphatic carbocycles. The molecule has 0 bridgehead atoms. The van der Waals surface area contributed by atoms with Gasteiger partial charge < -0.3 is 19.9 Å². The number of carbonyl (C=O) groups is 1. The highest BCUT2D eigenvalue weighted by atomic mass is 16.6. The van der Waals surface area contributed by atoms with E-state index in [-0.39, 0.29) is 6.09 Å². The zero-order chi connectivity index (χ0) is 17.5. The number of nitrogens with one attached hydrogen (secondary N) is 1. The lowest BCUT2D eigenvalue weighted by Crippen LogP contribution is -2.45. The highest BCUT2D eigenvalue weighted by molar-refractivity contribution is 5.79. The third-order valence-corrected chi connectivity index (χ3v) is 3.67. The molecular weight excluding hydrogens is 292 g/mol. The average molecular weight is 326 g/mol. The van der Waals surface area contributed by atoms with E-state index in [9.17, 15) is 4.79 Å². The molecular formula is C17H34N4O2. The van der Waals surface area contributed by atoms with Crippen molar-refractivity contribution in [2.75, 3.05) is 33.7 Å². The maximum Gasteiger partial charge on any atom is 0.410 e. The third-order valence-electron chi connectivity index (χ3n) is 3.67. The van der Waals surface area contributed by atoms with Gasteiger partial charge in [-0.25, -0.2) is 4.79 Å². The first-order valence-corrected chi connectivity index (χ1v) is 8.70. The second-order valence-electron chi connectivity index (χ2n) is 7.15. The Bertz CT molecular complexity index is 400. The van der Waals surface area contributed by atoms with Crippen LogP contribution in [0.1, 0.15) is 53.4 Å². The van der Waals surface area contributed by atoms with E-state index in [1.165, 1.54) is 0 Å². The largest absolute Gasteiger partial charge is 0.444 e. The third kappa shape index (κ3) is 7.57. The number of guanidine groups is 1. The summed E-state index contributed by atoms with van der Waals surface area (Å²) in [6, 6.07) is 0.339. The van der Waals surface area contributed by atoms with Crippen LogP contribution in [0, 0.1) is 0 Å². The van der Waals surface area contributed by atoms with Gasteiger partial charge in [-0.15, -0.1) is 0 Å². The molecule has 0 atom stereocenters. The zero-order valence-electron chi connectivity index (χ0n) is 15.7. The first kappa shape index (κ1) is 19.6. The fraction of sp³-hybridized carbons (Fsp3) is 0.882. The van der Waals surface area contributed by atoms with Crippen LogP contribution < -0.4 is 5.32 Å². The van der Waals surface area contributed by atoms with Gasteiger partial charge in [-0.3, -0.25) is 4.99 Å². The van der Waals surface area contributed by atoms with Gasteiger partial charge >= 0.3 is 6.09 Å². The molecule has 134 valence electrons. The number of unbranched alkanes of at least 4 members (excludes halogenated alkanes) is 1. The SMILES string of the molecule is CCCCN(C)C(=NC)NCCN(C(=O)OC(C)(C)C)C1CC1. The minimum atomic E-state index is -0.450. The molecule has 0 aromatic carbocycles. The van der Waals surface area contributed by atoms with E-state index >= 15 is 0 Å². The van der Waals surface area contributed by atoms with Crippen molar-refractivity contribution in [3.05, 3.63) is 0 Å². The molecule has 1 saturated carbocycles. The lowest BCUT2D eigenvalue weighted by Gasteiger charge is -2.28. The Hall–Kier alpha value is -1.46.